The monoisotopic (exact) mass is 390 g/mol. The number of methoxy groups -OCH3 is 1. The summed E-state index contributed by atoms with van der Waals surface area (Å²) in [5.41, 5.74) is 5.04. The van der Waals surface area contributed by atoms with Crippen LogP contribution in [0.1, 0.15) is 54.6 Å². The highest BCUT2D eigenvalue weighted by Gasteiger charge is 2.28. The molecule has 0 radical (unpaired) electrons. The van der Waals surface area contributed by atoms with E-state index in [2.05, 4.69) is 72.0 Å². The Hall–Kier alpha value is -2.72. The van der Waals surface area contributed by atoms with Gasteiger partial charge in [0.15, 0.2) is 11.5 Å². The molecular formula is C25H30N2O2. The summed E-state index contributed by atoms with van der Waals surface area (Å²) in [4.78, 5) is 2.52. The Morgan fingerprint density at radius 1 is 1.07 bits per heavy atom. The summed E-state index contributed by atoms with van der Waals surface area (Å²) in [6.07, 6.45) is 3.26. The van der Waals surface area contributed by atoms with E-state index >= 15 is 0 Å². The lowest BCUT2D eigenvalue weighted by Gasteiger charge is -2.31. The van der Waals surface area contributed by atoms with Crippen molar-refractivity contribution in [3.63, 3.8) is 0 Å². The third-order valence-electron chi connectivity index (χ3n) is 5.90. The zero-order valence-electron chi connectivity index (χ0n) is 17.5. The molecule has 0 bridgehead atoms. The van der Waals surface area contributed by atoms with E-state index in [-0.39, 0.29) is 11.8 Å². The van der Waals surface area contributed by atoms with Gasteiger partial charge < -0.3 is 14.4 Å². The van der Waals surface area contributed by atoms with Gasteiger partial charge in [-0.15, -0.1) is 0 Å². The first-order valence-electron chi connectivity index (χ1n) is 10.4. The van der Waals surface area contributed by atoms with Crippen molar-refractivity contribution in [2.24, 2.45) is 0 Å². The normalized spacial score (nSPS) is 17.2. The van der Waals surface area contributed by atoms with Crippen molar-refractivity contribution in [2.75, 3.05) is 13.7 Å². The first-order chi connectivity index (χ1) is 14.1. The molecular weight excluding hydrogens is 360 g/mol. The summed E-state index contributed by atoms with van der Waals surface area (Å²) in [5.74, 6) is 1.24. The minimum atomic E-state index is 0.0917. The lowest BCUT2D eigenvalue weighted by Crippen LogP contribution is -2.29. The summed E-state index contributed by atoms with van der Waals surface area (Å²) in [6.45, 7) is 7.35. The van der Waals surface area contributed by atoms with Crippen molar-refractivity contribution >= 4 is 0 Å². The number of aryl methyl sites for hydroxylation is 1. The van der Waals surface area contributed by atoms with Gasteiger partial charge in [0, 0.05) is 31.5 Å². The first-order valence-corrected chi connectivity index (χ1v) is 10.4. The first kappa shape index (κ1) is 19.6. The molecule has 0 aliphatic carbocycles. The summed E-state index contributed by atoms with van der Waals surface area (Å²) >= 11 is 0. The van der Waals surface area contributed by atoms with Gasteiger partial charge in [0.2, 0.25) is 0 Å². The molecule has 4 heteroatoms. The van der Waals surface area contributed by atoms with E-state index in [1.807, 2.05) is 12.1 Å². The van der Waals surface area contributed by atoms with Crippen LogP contribution in [0.2, 0.25) is 0 Å². The maximum absolute atomic E-state index is 10.4. The molecule has 2 heterocycles. The molecule has 0 spiro atoms. The van der Waals surface area contributed by atoms with Gasteiger partial charge in [0.25, 0.3) is 0 Å². The number of phenols is 1. The van der Waals surface area contributed by atoms with Crippen LogP contribution in [0.4, 0.5) is 0 Å². The Morgan fingerprint density at radius 2 is 1.86 bits per heavy atom. The summed E-state index contributed by atoms with van der Waals surface area (Å²) < 4.78 is 7.59. The average molecular weight is 391 g/mol. The fraction of sp³-hybridized carbons (Fsp3) is 0.360. The minimum Gasteiger partial charge on any atom is -0.504 e. The number of benzene rings is 2. The topological polar surface area (TPSA) is 37.6 Å². The van der Waals surface area contributed by atoms with Gasteiger partial charge in [-0.25, -0.2) is 0 Å². The number of fused-ring (bicyclic) bond motifs is 1. The predicted octanol–water partition coefficient (Wildman–Crippen LogP) is 5.32. The maximum atomic E-state index is 10.4. The van der Waals surface area contributed by atoms with Crippen LogP contribution < -0.4 is 4.74 Å². The number of aromatic hydroxyl groups is 1. The maximum Gasteiger partial charge on any atom is 0.160 e. The lowest BCUT2D eigenvalue weighted by molar-refractivity contribution is 0.220. The fourth-order valence-electron chi connectivity index (χ4n) is 4.31. The summed E-state index contributed by atoms with van der Waals surface area (Å²) in [5, 5.41) is 10.4. The molecule has 4 nitrogen and oxygen atoms in total. The summed E-state index contributed by atoms with van der Waals surface area (Å²) in [6, 6.07) is 19.2. The smallest absolute Gasteiger partial charge is 0.160 e. The average Bonchev–Trinajstić information content (AvgIpc) is 3.10. The summed E-state index contributed by atoms with van der Waals surface area (Å²) in [7, 11) is 1.58. The van der Waals surface area contributed by atoms with Crippen molar-refractivity contribution in [2.45, 2.75) is 45.3 Å². The van der Waals surface area contributed by atoms with E-state index < -0.39 is 0 Å². The van der Waals surface area contributed by atoms with E-state index in [4.69, 9.17) is 4.74 Å². The van der Waals surface area contributed by atoms with E-state index in [1.165, 1.54) is 16.8 Å². The van der Waals surface area contributed by atoms with Crippen molar-refractivity contribution in [3.8, 4) is 11.5 Å². The van der Waals surface area contributed by atoms with Gasteiger partial charge in [-0.1, -0.05) is 44.2 Å². The number of aromatic nitrogens is 1. The standard InChI is InChI=1S/C25H30N2O2/c1-18(2)20-9-7-19(8-10-20)17-27-15-5-14-26-13-4-6-22(26)25(27)21-11-12-24(29-3)23(28)16-21/h4,6-13,16,18,25,28H,5,14-15,17H2,1-3H3. The van der Waals surface area contributed by atoms with E-state index in [0.717, 1.165) is 31.6 Å². The highest BCUT2D eigenvalue weighted by atomic mass is 16.5. The van der Waals surface area contributed by atoms with E-state index in [1.54, 1.807) is 7.11 Å². The second-order valence-electron chi connectivity index (χ2n) is 8.18. The van der Waals surface area contributed by atoms with Crippen LogP contribution in [0.15, 0.2) is 60.8 Å². The second-order valence-corrected chi connectivity index (χ2v) is 8.18. The number of phenolic OH excluding ortho intramolecular Hbond substituents is 1. The highest BCUT2D eigenvalue weighted by molar-refractivity contribution is 5.44. The molecule has 1 aliphatic heterocycles. The largest absolute Gasteiger partial charge is 0.504 e. The Morgan fingerprint density at radius 3 is 2.55 bits per heavy atom. The molecule has 29 heavy (non-hydrogen) atoms. The molecule has 1 N–H and O–H groups in total. The van der Waals surface area contributed by atoms with E-state index in [0.29, 0.717) is 11.7 Å². The van der Waals surface area contributed by atoms with Gasteiger partial charge >= 0.3 is 0 Å². The van der Waals surface area contributed by atoms with E-state index in [9.17, 15) is 5.11 Å². The predicted molar refractivity (Wildman–Crippen MR) is 116 cm³/mol. The Kier molecular flexibility index (Phi) is 5.63. The minimum absolute atomic E-state index is 0.0917. The molecule has 0 amide bonds. The number of nitrogens with zero attached hydrogens (tertiary/aromatic N) is 2. The Balaban J connectivity index is 1.70. The van der Waals surface area contributed by atoms with Crippen molar-refractivity contribution in [1.29, 1.82) is 0 Å². The zero-order chi connectivity index (χ0) is 20.4. The van der Waals surface area contributed by atoms with Crippen LogP contribution in [-0.4, -0.2) is 28.2 Å². The van der Waals surface area contributed by atoms with Gasteiger partial charge in [-0.05, 0) is 53.3 Å². The molecule has 1 aliphatic rings. The molecule has 1 unspecified atom stereocenters. The van der Waals surface area contributed by atoms with Gasteiger partial charge in [0.05, 0.1) is 13.2 Å². The number of rotatable bonds is 5. The van der Waals surface area contributed by atoms with Crippen LogP contribution in [0.3, 0.4) is 0 Å². The van der Waals surface area contributed by atoms with Crippen LogP contribution in [-0.2, 0) is 13.1 Å². The van der Waals surface area contributed by atoms with Crippen molar-refractivity contribution in [1.82, 2.24) is 9.47 Å². The molecule has 0 saturated carbocycles. The molecule has 152 valence electrons. The number of hydrogen-bond donors (Lipinski definition) is 1. The molecule has 1 aromatic heterocycles. The molecule has 1 atom stereocenters. The molecule has 0 fully saturated rings. The second kappa shape index (κ2) is 8.34. The molecule has 0 saturated heterocycles. The lowest BCUT2D eigenvalue weighted by atomic mass is 9.99. The van der Waals surface area contributed by atoms with Crippen molar-refractivity contribution < 1.29 is 9.84 Å². The van der Waals surface area contributed by atoms with Crippen LogP contribution in [0.25, 0.3) is 0 Å². The van der Waals surface area contributed by atoms with Gasteiger partial charge in [0.1, 0.15) is 0 Å². The molecule has 4 rings (SSSR count). The SMILES string of the molecule is COc1ccc(C2c3cccn3CCCN2Cc2ccc(C(C)C)cc2)cc1O. The Labute approximate surface area is 173 Å². The molecule has 2 aromatic carbocycles. The zero-order valence-corrected chi connectivity index (χ0v) is 17.5. The quantitative estimate of drug-likeness (QED) is 0.641. The van der Waals surface area contributed by atoms with Crippen molar-refractivity contribution in [3.05, 3.63) is 83.2 Å². The fourth-order valence-corrected chi connectivity index (χ4v) is 4.31. The van der Waals surface area contributed by atoms with Crippen LogP contribution in [0.5, 0.6) is 11.5 Å². The molecule has 3 aromatic rings. The highest BCUT2D eigenvalue weighted by Crippen LogP contribution is 2.37. The Bertz CT molecular complexity index is 959. The third kappa shape index (κ3) is 4.03. The van der Waals surface area contributed by atoms with Gasteiger partial charge in [-0.2, -0.15) is 0 Å². The van der Waals surface area contributed by atoms with Crippen LogP contribution in [0, 0.1) is 0 Å². The third-order valence-corrected chi connectivity index (χ3v) is 5.90. The van der Waals surface area contributed by atoms with Crippen LogP contribution >= 0.6 is 0 Å². The number of ether oxygens (including phenoxy) is 1. The number of hydrogen-bond acceptors (Lipinski definition) is 3. The van der Waals surface area contributed by atoms with Gasteiger partial charge in [-0.3, -0.25) is 4.90 Å².